The molecular formula is C10H18BrN3. The van der Waals surface area contributed by atoms with Crippen molar-refractivity contribution in [3.63, 3.8) is 0 Å². The van der Waals surface area contributed by atoms with Crippen LogP contribution in [-0.4, -0.2) is 10.7 Å². The van der Waals surface area contributed by atoms with Gasteiger partial charge in [0.05, 0.1) is 22.2 Å². The van der Waals surface area contributed by atoms with Crippen molar-refractivity contribution in [2.24, 2.45) is 10.7 Å². The predicted octanol–water partition coefficient (Wildman–Crippen LogP) is 2.50. The summed E-state index contributed by atoms with van der Waals surface area (Å²) < 4.78 is 0.789. The molecule has 0 saturated carbocycles. The number of nitrogens with two attached hydrogens (primary N) is 1. The van der Waals surface area contributed by atoms with Crippen LogP contribution < -0.4 is 11.1 Å². The molecule has 0 fully saturated rings. The highest BCUT2D eigenvalue weighted by Crippen LogP contribution is 2.01. The first-order chi connectivity index (χ1) is 6.47. The van der Waals surface area contributed by atoms with Crippen molar-refractivity contribution in [1.82, 2.24) is 5.32 Å². The van der Waals surface area contributed by atoms with Crippen LogP contribution in [0.2, 0.25) is 0 Å². The minimum absolute atomic E-state index is 0.378. The van der Waals surface area contributed by atoms with Crippen molar-refractivity contribution in [1.29, 1.82) is 0 Å². The second kappa shape index (κ2) is 6.65. The summed E-state index contributed by atoms with van der Waals surface area (Å²) in [5.41, 5.74) is 7.02. The summed E-state index contributed by atoms with van der Waals surface area (Å²) in [6.45, 7) is 9.86. The van der Waals surface area contributed by atoms with Crippen LogP contribution in [0.5, 0.6) is 0 Å². The summed E-state index contributed by atoms with van der Waals surface area (Å²) >= 11 is 3.22. The fourth-order valence-corrected chi connectivity index (χ4v) is 0.822. The number of halogens is 1. The molecule has 0 aliphatic heterocycles. The Morgan fingerprint density at radius 2 is 2.29 bits per heavy atom. The van der Waals surface area contributed by atoms with E-state index in [0.29, 0.717) is 11.7 Å². The number of nitrogens with zero attached hydrogens (tertiary/aromatic N) is 1. The number of rotatable bonds is 5. The maximum atomic E-state index is 5.74. The quantitative estimate of drug-likeness (QED) is 0.589. The predicted molar refractivity (Wildman–Crippen MR) is 66.3 cm³/mol. The van der Waals surface area contributed by atoms with E-state index in [0.717, 1.165) is 16.7 Å². The van der Waals surface area contributed by atoms with Crippen LogP contribution >= 0.6 is 15.9 Å². The third-order valence-electron chi connectivity index (χ3n) is 1.76. The van der Waals surface area contributed by atoms with Crippen LogP contribution in [0.15, 0.2) is 29.2 Å². The molecule has 0 aliphatic carbocycles. The van der Waals surface area contributed by atoms with Crippen LogP contribution in [0.4, 0.5) is 0 Å². The minimum atomic E-state index is 0.378. The second-order valence-corrected chi connectivity index (χ2v) is 4.29. The molecule has 0 bridgehead atoms. The Morgan fingerprint density at radius 3 is 2.71 bits per heavy atom. The van der Waals surface area contributed by atoms with E-state index in [2.05, 4.69) is 46.7 Å². The first kappa shape index (κ1) is 13.2. The summed E-state index contributed by atoms with van der Waals surface area (Å²) in [6, 6.07) is 0.378. The summed E-state index contributed by atoms with van der Waals surface area (Å²) in [5, 5.41) is 3.18. The molecule has 0 saturated heterocycles. The standard InChI is InChI=1S/C10H18BrN3/c1-5-7(2)14-8(3)10(12)6-13-9(4)11/h6-7,14H,3,5,12H2,1-2,4H3/b10-6+,13-9?/t7-/m1/s1. The highest BCUT2D eigenvalue weighted by atomic mass is 79.9. The van der Waals surface area contributed by atoms with Gasteiger partial charge in [-0.3, -0.25) is 4.99 Å². The van der Waals surface area contributed by atoms with E-state index in [-0.39, 0.29) is 0 Å². The zero-order valence-electron chi connectivity index (χ0n) is 8.97. The molecule has 0 radical (unpaired) electrons. The molecule has 0 rings (SSSR count). The molecule has 80 valence electrons. The molecule has 14 heavy (non-hydrogen) atoms. The van der Waals surface area contributed by atoms with Crippen LogP contribution in [0.1, 0.15) is 27.2 Å². The van der Waals surface area contributed by atoms with Gasteiger partial charge in [0.15, 0.2) is 0 Å². The van der Waals surface area contributed by atoms with Crippen molar-refractivity contribution in [3.8, 4) is 0 Å². The molecule has 0 aromatic heterocycles. The Bertz CT molecular complexity index is 252. The van der Waals surface area contributed by atoms with Gasteiger partial charge in [-0.15, -0.1) is 0 Å². The number of aliphatic imine (C=N–C) groups is 1. The van der Waals surface area contributed by atoms with Crippen molar-refractivity contribution >= 4 is 20.6 Å². The average Bonchev–Trinajstić information content (AvgIpc) is 2.13. The van der Waals surface area contributed by atoms with E-state index in [4.69, 9.17) is 5.73 Å². The lowest BCUT2D eigenvalue weighted by molar-refractivity contribution is 0.600. The van der Waals surface area contributed by atoms with Crippen LogP contribution in [0.3, 0.4) is 0 Å². The van der Waals surface area contributed by atoms with Gasteiger partial charge in [-0.25, -0.2) is 0 Å². The largest absolute Gasteiger partial charge is 0.396 e. The van der Waals surface area contributed by atoms with Crippen LogP contribution in [-0.2, 0) is 0 Å². The molecule has 3 N–H and O–H groups in total. The average molecular weight is 260 g/mol. The topological polar surface area (TPSA) is 50.4 Å². The molecule has 0 spiro atoms. The van der Waals surface area contributed by atoms with E-state index < -0.39 is 0 Å². The summed E-state index contributed by atoms with van der Waals surface area (Å²) in [7, 11) is 0. The van der Waals surface area contributed by atoms with Crippen molar-refractivity contribution < 1.29 is 0 Å². The van der Waals surface area contributed by atoms with Crippen LogP contribution in [0.25, 0.3) is 0 Å². The summed E-state index contributed by atoms with van der Waals surface area (Å²) in [4.78, 5) is 4.02. The molecule has 4 heteroatoms. The maximum Gasteiger partial charge on any atom is 0.0799 e. The smallest absolute Gasteiger partial charge is 0.0799 e. The van der Waals surface area contributed by atoms with Gasteiger partial charge in [0.2, 0.25) is 0 Å². The van der Waals surface area contributed by atoms with Gasteiger partial charge in [-0.1, -0.05) is 13.5 Å². The molecular weight excluding hydrogens is 242 g/mol. The van der Waals surface area contributed by atoms with Gasteiger partial charge in [-0.2, -0.15) is 0 Å². The first-order valence-electron chi connectivity index (χ1n) is 4.58. The van der Waals surface area contributed by atoms with Crippen molar-refractivity contribution in [2.75, 3.05) is 0 Å². The molecule has 3 nitrogen and oxygen atoms in total. The zero-order chi connectivity index (χ0) is 11.1. The Balaban J connectivity index is 4.25. The Kier molecular flexibility index (Phi) is 6.28. The van der Waals surface area contributed by atoms with Crippen molar-refractivity contribution in [3.05, 3.63) is 24.2 Å². The molecule has 1 atom stereocenters. The highest BCUT2D eigenvalue weighted by Gasteiger charge is 2.01. The highest BCUT2D eigenvalue weighted by molar-refractivity contribution is 9.18. The van der Waals surface area contributed by atoms with E-state index >= 15 is 0 Å². The zero-order valence-corrected chi connectivity index (χ0v) is 10.6. The van der Waals surface area contributed by atoms with E-state index in [1.807, 2.05) is 6.92 Å². The molecule has 0 unspecified atom stereocenters. The van der Waals surface area contributed by atoms with Gasteiger partial charge in [0.1, 0.15) is 0 Å². The summed E-state index contributed by atoms with van der Waals surface area (Å²) in [5.74, 6) is 0. The third kappa shape index (κ3) is 5.80. The van der Waals surface area contributed by atoms with Gasteiger partial charge in [0.25, 0.3) is 0 Å². The normalized spacial score (nSPS) is 15.1. The second-order valence-electron chi connectivity index (χ2n) is 3.14. The third-order valence-corrected chi connectivity index (χ3v) is 1.97. The fourth-order valence-electron chi connectivity index (χ4n) is 0.719. The Morgan fingerprint density at radius 1 is 1.71 bits per heavy atom. The van der Waals surface area contributed by atoms with Gasteiger partial charge in [0, 0.05) is 6.04 Å². The monoisotopic (exact) mass is 259 g/mol. The lowest BCUT2D eigenvalue weighted by Crippen LogP contribution is -2.26. The maximum absolute atomic E-state index is 5.74. The Labute approximate surface area is 94.3 Å². The molecule has 0 aromatic carbocycles. The number of nitrogens with one attached hydrogen (secondary N) is 1. The molecule has 0 amide bonds. The van der Waals surface area contributed by atoms with Gasteiger partial charge < -0.3 is 11.1 Å². The lowest BCUT2D eigenvalue weighted by Gasteiger charge is -2.14. The molecule has 0 heterocycles. The SMILES string of the molecule is C=C(N[C@H](C)CC)/C(N)=C\N=C(C)Br. The van der Waals surface area contributed by atoms with Crippen LogP contribution in [0, 0.1) is 0 Å². The first-order valence-corrected chi connectivity index (χ1v) is 5.38. The van der Waals surface area contributed by atoms with E-state index in [9.17, 15) is 0 Å². The van der Waals surface area contributed by atoms with Crippen molar-refractivity contribution in [2.45, 2.75) is 33.2 Å². The van der Waals surface area contributed by atoms with Gasteiger partial charge >= 0.3 is 0 Å². The fraction of sp³-hybridized carbons (Fsp3) is 0.500. The number of hydrogen-bond acceptors (Lipinski definition) is 3. The number of hydrogen-bond donors (Lipinski definition) is 2. The molecule has 0 aliphatic rings. The molecule has 0 aromatic rings. The van der Waals surface area contributed by atoms with E-state index in [1.54, 1.807) is 6.20 Å². The lowest BCUT2D eigenvalue weighted by atomic mass is 10.2. The summed E-state index contributed by atoms with van der Waals surface area (Å²) in [6.07, 6.45) is 2.62. The Hall–Kier alpha value is -0.770. The van der Waals surface area contributed by atoms with E-state index in [1.165, 1.54) is 0 Å². The minimum Gasteiger partial charge on any atom is -0.396 e. The van der Waals surface area contributed by atoms with Gasteiger partial charge in [-0.05, 0) is 36.2 Å².